The third-order valence-electron chi connectivity index (χ3n) is 3.06. The standard InChI is InChI=1S/C14H18N2O2/c1-2-14(17)16(11-13-4-3-9-18-13)10-12-5-7-15-8-6-12/h2,5-8,13H,1,3-4,9-11H2. The van der Waals surface area contributed by atoms with Gasteiger partial charge in [-0.2, -0.15) is 0 Å². The van der Waals surface area contributed by atoms with E-state index in [1.165, 1.54) is 6.08 Å². The summed E-state index contributed by atoms with van der Waals surface area (Å²) in [5.41, 5.74) is 1.07. The third kappa shape index (κ3) is 3.40. The molecule has 0 aliphatic carbocycles. The highest BCUT2D eigenvalue weighted by atomic mass is 16.5. The van der Waals surface area contributed by atoms with Crippen molar-refractivity contribution in [3.8, 4) is 0 Å². The normalized spacial score (nSPS) is 18.6. The number of carbonyl (C=O) groups excluding carboxylic acids is 1. The molecule has 2 rings (SSSR count). The first-order chi connectivity index (χ1) is 8.79. The quantitative estimate of drug-likeness (QED) is 0.744. The summed E-state index contributed by atoms with van der Waals surface area (Å²) in [4.78, 5) is 17.6. The summed E-state index contributed by atoms with van der Waals surface area (Å²) in [6, 6.07) is 3.83. The highest BCUT2D eigenvalue weighted by Crippen LogP contribution is 2.15. The molecule has 1 aromatic rings. The lowest BCUT2D eigenvalue weighted by atomic mass is 10.2. The predicted molar refractivity (Wildman–Crippen MR) is 68.8 cm³/mol. The number of nitrogens with zero attached hydrogens (tertiary/aromatic N) is 2. The van der Waals surface area contributed by atoms with Crippen LogP contribution >= 0.6 is 0 Å². The lowest BCUT2D eigenvalue weighted by Gasteiger charge is -2.24. The Bertz CT molecular complexity index is 400. The second-order valence-electron chi connectivity index (χ2n) is 4.41. The fourth-order valence-corrected chi connectivity index (χ4v) is 2.10. The molecule has 4 nitrogen and oxygen atoms in total. The fourth-order valence-electron chi connectivity index (χ4n) is 2.10. The van der Waals surface area contributed by atoms with Crippen molar-refractivity contribution < 1.29 is 9.53 Å². The first kappa shape index (κ1) is 12.8. The van der Waals surface area contributed by atoms with E-state index in [1.807, 2.05) is 12.1 Å². The van der Waals surface area contributed by atoms with Gasteiger partial charge >= 0.3 is 0 Å². The van der Waals surface area contributed by atoms with Crippen molar-refractivity contribution in [3.05, 3.63) is 42.7 Å². The van der Waals surface area contributed by atoms with Crippen LogP contribution in [0.3, 0.4) is 0 Å². The molecule has 1 aliphatic heterocycles. The third-order valence-corrected chi connectivity index (χ3v) is 3.06. The van der Waals surface area contributed by atoms with Crippen molar-refractivity contribution in [2.75, 3.05) is 13.2 Å². The molecule has 0 N–H and O–H groups in total. The zero-order valence-corrected chi connectivity index (χ0v) is 10.4. The predicted octanol–water partition coefficient (Wildman–Crippen LogP) is 1.78. The van der Waals surface area contributed by atoms with Crippen LogP contribution in [0.1, 0.15) is 18.4 Å². The summed E-state index contributed by atoms with van der Waals surface area (Å²) in [5.74, 6) is -0.0534. The maximum absolute atomic E-state index is 11.8. The summed E-state index contributed by atoms with van der Waals surface area (Å²) in [7, 11) is 0. The molecule has 4 heteroatoms. The van der Waals surface area contributed by atoms with Crippen molar-refractivity contribution in [1.29, 1.82) is 0 Å². The van der Waals surface area contributed by atoms with Crippen molar-refractivity contribution >= 4 is 5.91 Å². The summed E-state index contributed by atoms with van der Waals surface area (Å²) >= 11 is 0. The Kier molecular flexibility index (Phi) is 4.47. The second kappa shape index (κ2) is 6.31. The monoisotopic (exact) mass is 246 g/mol. The number of hydrogen-bond donors (Lipinski definition) is 0. The van der Waals surface area contributed by atoms with Crippen LogP contribution in [0.15, 0.2) is 37.2 Å². The highest BCUT2D eigenvalue weighted by molar-refractivity contribution is 5.87. The summed E-state index contributed by atoms with van der Waals surface area (Å²) in [6.45, 7) is 5.56. The maximum Gasteiger partial charge on any atom is 0.246 e. The average Bonchev–Trinajstić information content (AvgIpc) is 2.91. The lowest BCUT2D eigenvalue weighted by Crippen LogP contribution is -2.35. The van der Waals surface area contributed by atoms with E-state index in [4.69, 9.17) is 4.74 Å². The molecule has 0 saturated carbocycles. The Morgan fingerprint density at radius 2 is 2.33 bits per heavy atom. The minimum absolute atomic E-state index is 0.0534. The van der Waals surface area contributed by atoms with Crippen LogP contribution < -0.4 is 0 Å². The maximum atomic E-state index is 11.8. The Balaban J connectivity index is 2.00. The van der Waals surface area contributed by atoms with E-state index in [2.05, 4.69) is 11.6 Å². The molecule has 0 spiro atoms. The summed E-state index contributed by atoms with van der Waals surface area (Å²) < 4.78 is 5.58. The molecule has 18 heavy (non-hydrogen) atoms. The van der Waals surface area contributed by atoms with E-state index in [9.17, 15) is 4.79 Å². The zero-order valence-electron chi connectivity index (χ0n) is 10.4. The van der Waals surface area contributed by atoms with Crippen LogP contribution in [0, 0.1) is 0 Å². The Labute approximate surface area is 107 Å². The van der Waals surface area contributed by atoms with E-state index in [0.717, 1.165) is 25.0 Å². The molecule has 96 valence electrons. The van der Waals surface area contributed by atoms with Crippen molar-refractivity contribution in [2.24, 2.45) is 0 Å². The molecular weight excluding hydrogens is 228 g/mol. The molecule has 1 saturated heterocycles. The van der Waals surface area contributed by atoms with Crippen LogP contribution in [0.2, 0.25) is 0 Å². The van der Waals surface area contributed by atoms with Gasteiger partial charge in [0, 0.05) is 32.1 Å². The SMILES string of the molecule is C=CC(=O)N(Cc1ccncc1)CC1CCCO1. The molecule has 1 unspecified atom stereocenters. The first-order valence-electron chi connectivity index (χ1n) is 6.21. The molecule has 1 fully saturated rings. The van der Waals surface area contributed by atoms with E-state index in [-0.39, 0.29) is 12.0 Å². The van der Waals surface area contributed by atoms with Crippen LogP contribution in [0.4, 0.5) is 0 Å². The molecule has 1 atom stereocenters. The smallest absolute Gasteiger partial charge is 0.246 e. The van der Waals surface area contributed by atoms with Crippen molar-refractivity contribution in [3.63, 3.8) is 0 Å². The number of pyridine rings is 1. The first-order valence-corrected chi connectivity index (χ1v) is 6.21. The van der Waals surface area contributed by atoms with E-state index in [0.29, 0.717) is 13.1 Å². The van der Waals surface area contributed by atoms with Crippen LogP contribution in [0.25, 0.3) is 0 Å². The van der Waals surface area contributed by atoms with Gasteiger partial charge in [-0.15, -0.1) is 0 Å². The van der Waals surface area contributed by atoms with Gasteiger partial charge in [-0.05, 0) is 36.6 Å². The number of ether oxygens (including phenoxy) is 1. The highest BCUT2D eigenvalue weighted by Gasteiger charge is 2.21. The summed E-state index contributed by atoms with van der Waals surface area (Å²) in [6.07, 6.45) is 7.09. The van der Waals surface area contributed by atoms with E-state index in [1.54, 1.807) is 17.3 Å². The van der Waals surface area contributed by atoms with E-state index >= 15 is 0 Å². The molecule has 0 radical (unpaired) electrons. The van der Waals surface area contributed by atoms with Crippen molar-refractivity contribution in [1.82, 2.24) is 9.88 Å². The minimum atomic E-state index is -0.0534. The Hall–Kier alpha value is -1.68. The van der Waals surface area contributed by atoms with Gasteiger partial charge in [0.25, 0.3) is 0 Å². The number of amides is 1. The van der Waals surface area contributed by atoms with Gasteiger partial charge in [-0.3, -0.25) is 9.78 Å². The molecule has 1 aromatic heterocycles. The zero-order chi connectivity index (χ0) is 12.8. The van der Waals surface area contributed by atoms with Gasteiger partial charge in [0.1, 0.15) is 0 Å². The largest absolute Gasteiger partial charge is 0.376 e. The summed E-state index contributed by atoms with van der Waals surface area (Å²) in [5, 5.41) is 0. The van der Waals surface area contributed by atoms with Gasteiger partial charge in [0.15, 0.2) is 0 Å². The second-order valence-corrected chi connectivity index (χ2v) is 4.41. The topological polar surface area (TPSA) is 42.4 Å². The molecular formula is C14H18N2O2. The number of rotatable bonds is 5. The van der Waals surface area contributed by atoms with Gasteiger partial charge in [-0.25, -0.2) is 0 Å². The van der Waals surface area contributed by atoms with Crippen LogP contribution in [0.5, 0.6) is 0 Å². The van der Waals surface area contributed by atoms with Gasteiger partial charge in [0.2, 0.25) is 5.91 Å². The van der Waals surface area contributed by atoms with Gasteiger partial charge in [-0.1, -0.05) is 6.58 Å². The molecule has 1 aliphatic rings. The van der Waals surface area contributed by atoms with Crippen molar-refractivity contribution in [2.45, 2.75) is 25.5 Å². The van der Waals surface area contributed by atoms with Gasteiger partial charge < -0.3 is 9.64 Å². The lowest BCUT2D eigenvalue weighted by molar-refractivity contribution is -0.128. The molecule has 1 amide bonds. The molecule has 2 heterocycles. The Morgan fingerprint density at radius 1 is 1.56 bits per heavy atom. The van der Waals surface area contributed by atoms with E-state index < -0.39 is 0 Å². The van der Waals surface area contributed by atoms with Crippen LogP contribution in [-0.2, 0) is 16.1 Å². The Morgan fingerprint density at radius 3 is 2.94 bits per heavy atom. The van der Waals surface area contributed by atoms with Crippen LogP contribution in [-0.4, -0.2) is 35.0 Å². The molecule has 0 bridgehead atoms. The van der Waals surface area contributed by atoms with Gasteiger partial charge in [0.05, 0.1) is 6.10 Å². The minimum Gasteiger partial charge on any atom is -0.376 e. The average molecular weight is 246 g/mol. The molecule has 0 aromatic carbocycles. The number of hydrogen-bond acceptors (Lipinski definition) is 3. The number of carbonyl (C=O) groups is 1. The number of aromatic nitrogens is 1. The fraction of sp³-hybridized carbons (Fsp3) is 0.429.